The van der Waals surface area contributed by atoms with Gasteiger partial charge in [0.15, 0.2) is 0 Å². The smallest absolute Gasteiger partial charge is 0.329 e. The summed E-state index contributed by atoms with van der Waals surface area (Å²) in [6.45, 7) is 4.10. The number of hydrogen-bond acceptors (Lipinski definition) is 2. The van der Waals surface area contributed by atoms with Crippen LogP contribution in [0.15, 0.2) is 0 Å². The van der Waals surface area contributed by atoms with E-state index < -0.39 is 11.5 Å². The molecule has 1 fully saturated rings. The van der Waals surface area contributed by atoms with Crippen molar-refractivity contribution in [3.8, 4) is 0 Å². The lowest BCUT2D eigenvalue weighted by Gasteiger charge is -2.35. The van der Waals surface area contributed by atoms with Gasteiger partial charge in [-0.2, -0.15) is 0 Å². The van der Waals surface area contributed by atoms with Gasteiger partial charge in [0.1, 0.15) is 5.54 Å². The summed E-state index contributed by atoms with van der Waals surface area (Å²) in [6.07, 6.45) is 7.70. The van der Waals surface area contributed by atoms with Crippen LogP contribution in [0.4, 0.5) is 0 Å². The van der Waals surface area contributed by atoms with Crippen LogP contribution in [0.3, 0.4) is 0 Å². The van der Waals surface area contributed by atoms with Crippen molar-refractivity contribution < 1.29 is 14.7 Å². The van der Waals surface area contributed by atoms with E-state index in [1.165, 1.54) is 0 Å². The molecule has 1 amide bonds. The van der Waals surface area contributed by atoms with Gasteiger partial charge in [0.2, 0.25) is 5.91 Å². The van der Waals surface area contributed by atoms with Gasteiger partial charge in [0.25, 0.3) is 0 Å². The molecule has 110 valence electrons. The molecule has 1 saturated carbocycles. The average molecular weight is 269 g/mol. The topological polar surface area (TPSA) is 66.4 Å². The summed E-state index contributed by atoms with van der Waals surface area (Å²) in [7, 11) is 0. The van der Waals surface area contributed by atoms with Crippen LogP contribution in [-0.4, -0.2) is 22.5 Å². The number of carbonyl (C=O) groups excluding carboxylic acids is 1. The highest BCUT2D eigenvalue weighted by molar-refractivity contribution is 5.88. The molecule has 0 bridgehead atoms. The Morgan fingerprint density at radius 3 is 2.32 bits per heavy atom. The van der Waals surface area contributed by atoms with Crippen molar-refractivity contribution in [1.82, 2.24) is 5.32 Å². The second-order valence-corrected chi connectivity index (χ2v) is 5.68. The zero-order valence-corrected chi connectivity index (χ0v) is 12.2. The summed E-state index contributed by atoms with van der Waals surface area (Å²) in [5.41, 5.74) is -1.00. The lowest BCUT2D eigenvalue weighted by Crippen LogP contribution is -2.56. The van der Waals surface area contributed by atoms with Gasteiger partial charge in [-0.05, 0) is 25.7 Å². The Labute approximate surface area is 116 Å². The van der Waals surface area contributed by atoms with E-state index >= 15 is 0 Å². The van der Waals surface area contributed by atoms with Crippen LogP contribution in [0, 0.1) is 5.92 Å². The van der Waals surface area contributed by atoms with Gasteiger partial charge in [-0.25, -0.2) is 4.79 Å². The molecule has 19 heavy (non-hydrogen) atoms. The minimum absolute atomic E-state index is 0.0434. The standard InChI is InChI=1S/C15H27NO3/c1-3-5-9-12(4-2)13(17)16-15(14(18)19)10-7-6-8-11-15/h12H,3-11H2,1-2H3,(H,16,17)(H,18,19). The molecule has 0 aromatic rings. The van der Waals surface area contributed by atoms with E-state index in [1.54, 1.807) is 0 Å². The normalized spacial score (nSPS) is 19.7. The Morgan fingerprint density at radius 2 is 1.84 bits per heavy atom. The van der Waals surface area contributed by atoms with Gasteiger partial charge in [0.05, 0.1) is 0 Å². The molecule has 0 spiro atoms. The van der Waals surface area contributed by atoms with E-state index in [0.717, 1.165) is 44.9 Å². The van der Waals surface area contributed by atoms with Crippen LogP contribution in [0.5, 0.6) is 0 Å². The summed E-state index contributed by atoms with van der Waals surface area (Å²) in [6, 6.07) is 0. The van der Waals surface area contributed by atoms with E-state index in [2.05, 4.69) is 12.2 Å². The molecule has 0 aromatic carbocycles. The van der Waals surface area contributed by atoms with E-state index in [9.17, 15) is 14.7 Å². The number of amides is 1. The second-order valence-electron chi connectivity index (χ2n) is 5.68. The molecule has 0 radical (unpaired) electrons. The van der Waals surface area contributed by atoms with Crippen LogP contribution < -0.4 is 5.32 Å². The van der Waals surface area contributed by atoms with Crippen LogP contribution in [0.25, 0.3) is 0 Å². The van der Waals surface area contributed by atoms with Crippen molar-refractivity contribution in [3.63, 3.8) is 0 Å². The fraction of sp³-hybridized carbons (Fsp3) is 0.867. The Kier molecular flexibility index (Phi) is 6.32. The molecule has 1 aliphatic carbocycles. The first-order valence-electron chi connectivity index (χ1n) is 7.61. The number of unbranched alkanes of at least 4 members (excludes halogenated alkanes) is 1. The first-order valence-corrected chi connectivity index (χ1v) is 7.61. The molecular weight excluding hydrogens is 242 g/mol. The third-order valence-corrected chi connectivity index (χ3v) is 4.25. The van der Waals surface area contributed by atoms with Gasteiger partial charge in [0, 0.05) is 5.92 Å². The number of carbonyl (C=O) groups is 2. The maximum atomic E-state index is 12.3. The lowest BCUT2D eigenvalue weighted by molar-refractivity contribution is -0.150. The molecule has 0 heterocycles. The fourth-order valence-electron chi connectivity index (χ4n) is 2.86. The van der Waals surface area contributed by atoms with E-state index in [1.807, 2.05) is 6.92 Å². The first-order chi connectivity index (χ1) is 9.05. The highest BCUT2D eigenvalue weighted by atomic mass is 16.4. The minimum atomic E-state index is -1.00. The quantitative estimate of drug-likeness (QED) is 0.746. The van der Waals surface area contributed by atoms with Crippen molar-refractivity contribution in [2.45, 2.75) is 77.2 Å². The minimum Gasteiger partial charge on any atom is -0.480 e. The molecule has 2 N–H and O–H groups in total. The van der Waals surface area contributed by atoms with Crippen molar-refractivity contribution in [2.24, 2.45) is 5.92 Å². The Hall–Kier alpha value is -1.06. The summed E-state index contributed by atoms with van der Waals surface area (Å²) >= 11 is 0. The van der Waals surface area contributed by atoms with Gasteiger partial charge >= 0.3 is 5.97 Å². The van der Waals surface area contributed by atoms with E-state index in [0.29, 0.717) is 12.8 Å². The summed E-state index contributed by atoms with van der Waals surface area (Å²) < 4.78 is 0. The summed E-state index contributed by atoms with van der Waals surface area (Å²) in [4.78, 5) is 23.8. The maximum absolute atomic E-state index is 12.3. The molecular formula is C15H27NO3. The van der Waals surface area contributed by atoms with Crippen LogP contribution >= 0.6 is 0 Å². The Morgan fingerprint density at radius 1 is 1.21 bits per heavy atom. The summed E-state index contributed by atoms with van der Waals surface area (Å²) in [5, 5.41) is 12.3. The molecule has 1 atom stereocenters. The molecule has 0 aromatic heterocycles. The molecule has 0 saturated heterocycles. The summed E-state index contributed by atoms with van der Waals surface area (Å²) in [5.74, 6) is -0.982. The predicted octanol–water partition coefficient (Wildman–Crippen LogP) is 3.11. The van der Waals surface area contributed by atoms with Crippen LogP contribution in [0.2, 0.25) is 0 Å². The first kappa shape index (κ1) is 16.0. The van der Waals surface area contributed by atoms with Gasteiger partial charge in [-0.1, -0.05) is 46.0 Å². The van der Waals surface area contributed by atoms with Crippen molar-refractivity contribution in [1.29, 1.82) is 0 Å². The third-order valence-electron chi connectivity index (χ3n) is 4.25. The number of aliphatic carboxylic acids is 1. The second kappa shape index (κ2) is 7.51. The largest absolute Gasteiger partial charge is 0.480 e. The third kappa shape index (κ3) is 4.22. The molecule has 1 unspecified atom stereocenters. The monoisotopic (exact) mass is 269 g/mol. The highest BCUT2D eigenvalue weighted by Crippen LogP contribution is 2.29. The van der Waals surface area contributed by atoms with Crippen LogP contribution in [-0.2, 0) is 9.59 Å². The van der Waals surface area contributed by atoms with Crippen molar-refractivity contribution >= 4 is 11.9 Å². The van der Waals surface area contributed by atoms with Crippen molar-refractivity contribution in [3.05, 3.63) is 0 Å². The highest BCUT2D eigenvalue weighted by Gasteiger charge is 2.41. The lowest BCUT2D eigenvalue weighted by atomic mass is 9.81. The maximum Gasteiger partial charge on any atom is 0.329 e. The van der Waals surface area contributed by atoms with Gasteiger partial charge < -0.3 is 10.4 Å². The molecule has 1 rings (SSSR count). The number of rotatable bonds is 7. The Balaban J connectivity index is 2.67. The molecule has 4 heteroatoms. The SMILES string of the molecule is CCCCC(CC)C(=O)NC1(C(=O)O)CCCCC1. The van der Waals surface area contributed by atoms with Gasteiger partial charge in [-0.3, -0.25) is 4.79 Å². The van der Waals surface area contributed by atoms with E-state index in [4.69, 9.17) is 0 Å². The predicted molar refractivity (Wildman–Crippen MR) is 74.9 cm³/mol. The Bertz CT molecular complexity index is 309. The number of carboxylic acids is 1. The van der Waals surface area contributed by atoms with Gasteiger partial charge in [-0.15, -0.1) is 0 Å². The molecule has 4 nitrogen and oxygen atoms in total. The molecule has 0 aliphatic heterocycles. The average Bonchev–Trinajstić information content (AvgIpc) is 2.40. The van der Waals surface area contributed by atoms with Crippen LogP contribution in [0.1, 0.15) is 71.6 Å². The fourth-order valence-corrected chi connectivity index (χ4v) is 2.86. The zero-order chi connectivity index (χ0) is 14.3. The van der Waals surface area contributed by atoms with Crippen molar-refractivity contribution in [2.75, 3.05) is 0 Å². The molecule has 1 aliphatic rings. The number of hydrogen-bond donors (Lipinski definition) is 2. The zero-order valence-electron chi connectivity index (χ0n) is 12.2. The number of carboxylic acid groups (broad SMARTS) is 1. The van der Waals surface area contributed by atoms with E-state index in [-0.39, 0.29) is 11.8 Å². The number of nitrogens with one attached hydrogen (secondary N) is 1.